The second-order valence-corrected chi connectivity index (χ2v) is 11.8. The van der Waals surface area contributed by atoms with Gasteiger partial charge < -0.3 is 14.9 Å². The molecule has 2 N–H and O–H groups in total. The average Bonchev–Trinajstić information content (AvgIpc) is 3.03. The van der Waals surface area contributed by atoms with E-state index in [1.807, 2.05) is 6.92 Å². The topological polar surface area (TPSA) is 101 Å². The fourth-order valence-corrected chi connectivity index (χ4v) is 8.49. The van der Waals surface area contributed by atoms with Gasteiger partial charge in [0.25, 0.3) is 0 Å². The van der Waals surface area contributed by atoms with E-state index in [1.165, 1.54) is 6.08 Å². The third kappa shape index (κ3) is 3.65. The molecule has 0 radical (unpaired) electrons. The van der Waals surface area contributed by atoms with Crippen LogP contribution < -0.4 is 0 Å². The summed E-state index contributed by atoms with van der Waals surface area (Å²) < 4.78 is 36.5. The number of ketones is 2. The van der Waals surface area contributed by atoms with E-state index in [-0.39, 0.29) is 30.8 Å². The maximum atomic E-state index is 15.6. The molecule has 0 bridgehead atoms. The Bertz CT molecular complexity index is 1010. The van der Waals surface area contributed by atoms with Crippen molar-refractivity contribution in [3.63, 3.8) is 0 Å². The number of aliphatic hydroxyl groups excluding tert-OH is 2. The average molecular weight is 509 g/mol. The summed E-state index contributed by atoms with van der Waals surface area (Å²) in [6.45, 7) is 6.47. The fraction of sp³-hybridized carbons (Fsp3) is 0.750. The van der Waals surface area contributed by atoms with Gasteiger partial charge in [-0.1, -0.05) is 46.6 Å². The first-order chi connectivity index (χ1) is 16.9. The number of ether oxygens (including phenoxy) is 1. The summed E-state index contributed by atoms with van der Waals surface area (Å²) in [5, 5.41) is 21.5. The third-order valence-corrected chi connectivity index (χ3v) is 9.91. The van der Waals surface area contributed by atoms with Crippen LogP contribution in [-0.4, -0.2) is 52.2 Å². The van der Waals surface area contributed by atoms with E-state index < -0.39 is 76.4 Å². The molecule has 0 heterocycles. The maximum absolute atomic E-state index is 15.6. The lowest BCUT2D eigenvalue weighted by Gasteiger charge is -2.60. The predicted octanol–water partition coefficient (Wildman–Crippen LogP) is 4.18. The summed E-state index contributed by atoms with van der Waals surface area (Å²) in [5.41, 5.74) is -4.08. The van der Waals surface area contributed by atoms with Crippen LogP contribution in [0.1, 0.15) is 72.6 Å². The molecule has 0 aromatic rings. The molecular formula is C28H38F2O6. The van der Waals surface area contributed by atoms with Crippen molar-refractivity contribution in [2.45, 2.75) is 90.5 Å². The summed E-state index contributed by atoms with van der Waals surface area (Å²) in [6.07, 6.45) is 2.78. The number of unbranched alkanes of at least 4 members (excludes halogenated alkanes) is 2. The van der Waals surface area contributed by atoms with Crippen molar-refractivity contribution in [3.8, 4) is 0 Å². The molecule has 9 atom stereocenters. The zero-order valence-corrected chi connectivity index (χ0v) is 21.6. The van der Waals surface area contributed by atoms with Crippen molar-refractivity contribution in [1.29, 1.82) is 0 Å². The number of fused-ring (bicyclic) bond motifs is 5. The summed E-state index contributed by atoms with van der Waals surface area (Å²) >= 11 is 0. The smallest absolute Gasteiger partial charge is 0.306 e. The molecule has 36 heavy (non-hydrogen) atoms. The van der Waals surface area contributed by atoms with Crippen LogP contribution in [0.15, 0.2) is 23.6 Å². The van der Waals surface area contributed by atoms with Crippen molar-refractivity contribution in [1.82, 2.24) is 0 Å². The summed E-state index contributed by atoms with van der Waals surface area (Å²) in [7, 11) is 0. The van der Waals surface area contributed by atoms with Crippen LogP contribution in [0, 0.1) is 34.5 Å². The molecule has 6 nitrogen and oxygen atoms in total. The van der Waals surface area contributed by atoms with Gasteiger partial charge in [-0.2, -0.15) is 0 Å². The molecule has 200 valence electrons. The van der Waals surface area contributed by atoms with Gasteiger partial charge in [-0.25, -0.2) is 8.78 Å². The van der Waals surface area contributed by atoms with E-state index >= 15 is 4.39 Å². The number of aliphatic hydroxyl groups is 2. The Kier molecular flexibility index (Phi) is 7.10. The number of hydrogen-bond acceptors (Lipinski definition) is 6. The standard InChI is InChI=1S/C28H38F2O6/c1-5-6-7-8-22(35)36-28(21(34)14-31)15(2)11-17-16-12-18(29)24-25(30)19(32)9-10-26(24,3)23(16)20(33)13-27(17,28)4/h9-10,15-18,20,23,31,33H,5-8,11-14H2,1-4H3/t15-,16+,17+,18+,20+,23-,26-,27+,28-/m1/s1. The summed E-state index contributed by atoms with van der Waals surface area (Å²) in [4.78, 5) is 38.3. The van der Waals surface area contributed by atoms with Crippen molar-refractivity contribution in [2.75, 3.05) is 6.61 Å². The molecule has 0 aliphatic heterocycles. The molecule has 4 aliphatic carbocycles. The van der Waals surface area contributed by atoms with E-state index in [1.54, 1.807) is 20.8 Å². The molecule has 3 fully saturated rings. The number of allylic oxidation sites excluding steroid dienone is 4. The normalized spacial score (nSPS) is 43.6. The van der Waals surface area contributed by atoms with Crippen LogP contribution in [0.3, 0.4) is 0 Å². The highest BCUT2D eigenvalue weighted by Crippen LogP contribution is 2.69. The Hall–Kier alpha value is -1.93. The van der Waals surface area contributed by atoms with Gasteiger partial charge in [0.1, 0.15) is 12.8 Å². The van der Waals surface area contributed by atoms with Crippen LogP contribution in [0.2, 0.25) is 0 Å². The van der Waals surface area contributed by atoms with Gasteiger partial charge in [0.15, 0.2) is 11.4 Å². The summed E-state index contributed by atoms with van der Waals surface area (Å²) in [6, 6.07) is 0. The lowest BCUT2D eigenvalue weighted by molar-refractivity contribution is -0.206. The van der Waals surface area contributed by atoms with E-state index in [4.69, 9.17) is 4.74 Å². The Morgan fingerprint density at radius 3 is 2.56 bits per heavy atom. The zero-order chi connectivity index (χ0) is 26.6. The van der Waals surface area contributed by atoms with Gasteiger partial charge in [-0.05, 0) is 43.6 Å². The molecule has 0 aromatic carbocycles. The Labute approximate surface area is 211 Å². The Morgan fingerprint density at radius 2 is 1.92 bits per heavy atom. The fourth-order valence-electron chi connectivity index (χ4n) is 8.49. The predicted molar refractivity (Wildman–Crippen MR) is 128 cm³/mol. The van der Waals surface area contributed by atoms with E-state index in [2.05, 4.69) is 0 Å². The van der Waals surface area contributed by atoms with Crippen molar-refractivity contribution < 1.29 is 38.1 Å². The highest BCUT2D eigenvalue weighted by atomic mass is 19.1. The van der Waals surface area contributed by atoms with Gasteiger partial charge in [-0.3, -0.25) is 14.4 Å². The van der Waals surface area contributed by atoms with Gasteiger partial charge in [0.2, 0.25) is 11.6 Å². The number of halogens is 2. The van der Waals surface area contributed by atoms with E-state index in [0.717, 1.165) is 18.9 Å². The van der Waals surface area contributed by atoms with Crippen molar-refractivity contribution >= 4 is 17.5 Å². The largest absolute Gasteiger partial charge is 0.450 e. The van der Waals surface area contributed by atoms with Gasteiger partial charge in [-0.15, -0.1) is 0 Å². The molecule has 0 unspecified atom stereocenters. The van der Waals surface area contributed by atoms with Crippen molar-refractivity contribution in [2.24, 2.45) is 34.5 Å². The molecule has 0 saturated heterocycles. The Morgan fingerprint density at radius 1 is 1.22 bits per heavy atom. The quantitative estimate of drug-likeness (QED) is 0.395. The second kappa shape index (κ2) is 9.43. The SMILES string of the molecule is CCCCCC(=O)O[C@@]1(C(=O)CO)[C@H](C)C[C@H]2[C@@H]3C[C@H](F)C4=C(F)C(=O)C=C[C@]4(C)[C@H]3[C@@H](O)C[C@@]21C. The van der Waals surface area contributed by atoms with Crippen molar-refractivity contribution in [3.05, 3.63) is 23.6 Å². The first-order valence-electron chi connectivity index (χ1n) is 13.2. The van der Waals surface area contributed by atoms with Crippen LogP contribution in [0.5, 0.6) is 0 Å². The molecule has 4 rings (SSSR count). The number of carbonyl (C=O) groups is 3. The monoisotopic (exact) mass is 508 g/mol. The first kappa shape index (κ1) is 27.1. The molecule has 0 aromatic heterocycles. The van der Waals surface area contributed by atoms with Gasteiger partial charge in [0.05, 0.1) is 6.10 Å². The molecule has 0 amide bonds. The lowest BCUT2D eigenvalue weighted by atomic mass is 9.45. The maximum Gasteiger partial charge on any atom is 0.306 e. The molecule has 0 spiro atoms. The minimum atomic E-state index is -1.71. The highest BCUT2D eigenvalue weighted by Gasteiger charge is 2.73. The molecule has 4 aliphatic rings. The van der Waals surface area contributed by atoms with E-state index in [0.29, 0.717) is 12.8 Å². The number of Topliss-reactive ketones (excluding diaryl/α,β-unsaturated/α-hetero) is 1. The van der Waals surface area contributed by atoms with Crippen LogP contribution in [0.4, 0.5) is 8.78 Å². The van der Waals surface area contributed by atoms with Gasteiger partial charge in [0, 0.05) is 34.7 Å². The number of rotatable bonds is 7. The second-order valence-electron chi connectivity index (χ2n) is 11.8. The van der Waals surface area contributed by atoms with E-state index in [9.17, 15) is 29.0 Å². The minimum absolute atomic E-state index is 0.0698. The van der Waals surface area contributed by atoms with Crippen LogP contribution >= 0.6 is 0 Å². The molecule has 8 heteroatoms. The minimum Gasteiger partial charge on any atom is -0.450 e. The number of alkyl halides is 1. The Balaban J connectivity index is 1.76. The van der Waals surface area contributed by atoms with Gasteiger partial charge >= 0.3 is 5.97 Å². The molecular weight excluding hydrogens is 470 g/mol. The first-order valence-corrected chi connectivity index (χ1v) is 13.2. The lowest BCUT2D eigenvalue weighted by Crippen LogP contribution is -2.65. The zero-order valence-electron chi connectivity index (χ0n) is 21.6. The number of carbonyl (C=O) groups excluding carboxylic acids is 3. The number of hydrogen-bond donors (Lipinski definition) is 2. The third-order valence-electron chi connectivity index (χ3n) is 9.91. The summed E-state index contributed by atoms with van der Waals surface area (Å²) in [5.74, 6) is -4.86. The number of esters is 1. The van der Waals surface area contributed by atoms with Crippen LogP contribution in [0.25, 0.3) is 0 Å². The highest BCUT2D eigenvalue weighted by molar-refractivity contribution is 6.04. The van der Waals surface area contributed by atoms with Crippen LogP contribution in [-0.2, 0) is 19.1 Å². The molecule has 3 saturated carbocycles.